The number of allylic oxidation sites excluding steroid dienone is 4. The summed E-state index contributed by atoms with van der Waals surface area (Å²) < 4.78 is 45.8. The minimum atomic E-state index is -0.910. The first-order valence-electron chi connectivity index (χ1n) is 58.8. The Hall–Kier alpha value is -5.78. The van der Waals surface area contributed by atoms with Crippen molar-refractivity contribution in [1.29, 1.82) is 0 Å². The number of carbonyl (C=O) groups excluding carboxylic acids is 10. The van der Waals surface area contributed by atoms with Gasteiger partial charge in [0.05, 0.1) is 91.4 Å². The van der Waals surface area contributed by atoms with Gasteiger partial charge in [-0.25, -0.2) is 19.2 Å². The van der Waals surface area contributed by atoms with Gasteiger partial charge in [-0.05, 0) is 479 Å². The molecule has 1 aliphatic heterocycles. The fraction of sp³-hybridized carbons (Fsp3) is 0.803. The fourth-order valence-electron chi connectivity index (χ4n) is 39.8. The normalized spacial score (nSPS) is 41.1. The number of Topliss-reactive ketones (excluding diaryl/α,β-unsaturated/α-hetero) is 2. The first kappa shape index (κ1) is 114. The average molecular weight is 2110 g/mol. The van der Waals surface area contributed by atoms with Gasteiger partial charge in [0.1, 0.15) is 5.78 Å². The van der Waals surface area contributed by atoms with Gasteiger partial charge in [0.2, 0.25) is 0 Å². The van der Waals surface area contributed by atoms with E-state index in [4.69, 9.17) is 38.3 Å². The summed E-state index contributed by atoms with van der Waals surface area (Å²) in [5.41, 5.74) is 7.46. The van der Waals surface area contributed by atoms with E-state index in [1.54, 1.807) is 73.7 Å². The molecule has 36 aliphatic rings. The van der Waals surface area contributed by atoms with Crippen LogP contribution in [0.2, 0.25) is 0 Å². The van der Waals surface area contributed by atoms with Crippen LogP contribution in [0.25, 0.3) is 0 Å². The third-order valence-electron chi connectivity index (χ3n) is 42.5. The molecule has 35 aliphatic carbocycles. The third-order valence-corrected chi connectivity index (χ3v) is 43.2. The molecule has 0 radical (unpaired) electrons. The second-order valence-electron chi connectivity index (χ2n) is 50.5. The van der Waals surface area contributed by atoms with Crippen molar-refractivity contribution in [2.75, 3.05) is 72.7 Å². The number of carboxylic acid groups (broad SMARTS) is 2. The summed E-state index contributed by atoms with van der Waals surface area (Å²) in [6.45, 7) is 27.5. The molecule has 25 nitrogen and oxygen atoms in total. The molecule has 0 aromatic carbocycles. The quantitative estimate of drug-likeness (QED) is 0.0284. The maximum atomic E-state index is 12.8. The standard InChI is InChI=1S/2C22H30O4.2C20H26O4.C14H18O.C8H14O4.C6H6OS.C4H8O.C4H9O.C2H6O.K/c2*1-3-25-19(23)10-18(22(24)26-4-2)20-12-8-14-13-5-11-6-16(14)21(20)17(7-11)15(13)9-12;2*1-2-24-20(23)16(8-17(21)22)18-10-6-12-11-3-9-4-14(12)19(18)15(5-9)13(11)7-10;15-14-7-4-9-8-1-6-2-11(9)13(14)12(3-6)10(8)5-7;1-3-11-7(9)5-6-8(10)12-4-2;1-5(7)6-2-3-8-4-6;1-2-4-5-3-1;1-4(2,3)5;1-2-3;/h2*11-17,21H,3-10H2,1-2H3;2*9-15,19H,2-8H2,1H3,(H,21,22);6-13H,1-5H2;3-6H2,1-2H3;2-4H,1H3;1-4H2;1-3H3;3H,2H2,1H3;/q;;;;;;;;-1;;+1/b20-18+;20-18-;18-16+;18-16-;;;;;;;. The summed E-state index contributed by atoms with van der Waals surface area (Å²) in [5.74, 6) is 27.5. The number of ketones is 2. The molecule has 20 unspecified atom stereocenters. The van der Waals surface area contributed by atoms with E-state index in [-0.39, 0.29) is 150 Å². The molecule has 1 aromatic heterocycles. The molecule has 2 heterocycles. The van der Waals surface area contributed by atoms with Crippen LogP contribution < -0.4 is 56.5 Å². The molecule has 0 amide bonds. The van der Waals surface area contributed by atoms with Crippen LogP contribution in [-0.4, -0.2) is 165 Å². The van der Waals surface area contributed by atoms with E-state index in [0.717, 1.165) is 173 Å². The number of carboxylic acids is 2. The first-order valence-corrected chi connectivity index (χ1v) is 59.7. The Morgan fingerprint density at radius 1 is 0.329 bits per heavy atom. The van der Waals surface area contributed by atoms with Crippen LogP contribution in [-0.2, 0) is 95.4 Å². The zero-order chi connectivity index (χ0) is 105. The van der Waals surface area contributed by atoms with E-state index in [0.29, 0.717) is 164 Å². The molecule has 36 fully saturated rings. The molecule has 818 valence electrons. The zero-order valence-electron chi connectivity index (χ0n) is 91.7. The Balaban J connectivity index is 0.000000118. The van der Waals surface area contributed by atoms with Crippen molar-refractivity contribution in [3.8, 4) is 0 Å². The van der Waals surface area contributed by atoms with E-state index in [1.807, 2.05) is 44.5 Å². The van der Waals surface area contributed by atoms with Crippen LogP contribution in [0.4, 0.5) is 0 Å². The number of thiophene rings is 1. The van der Waals surface area contributed by atoms with Crippen LogP contribution >= 0.6 is 11.3 Å². The van der Waals surface area contributed by atoms with Crippen molar-refractivity contribution in [3.63, 3.8) is 0 Å². The van der Waals surface area contributed by atoms with Crippen molar-refractivity contribution in [2.24, 2.45) is 237 Å². The molecule has 35 saturated carbocycles. The summed E-state index contributed by atoms with van der Waals surface area (Å²) in [6, 6.07) is 1.83. The monoisotopic (exact) mass is 2110 g/mol. The fourth-order valence-corrected chi connectivity index (χ4v) is 40.5. The SMILES string of the molecule is C1CCOC1.CC(=O)c1ccsc1.CC(C)(C)[O-].CCO.CCOC(=O)/C(CC(=O)O)=C1/C2CC3C4CC5CC3C1C(C5)C4C2.CCOC(=O)/C(CC(=O)O)=C1\C2CC3C4CC5CC3C1C(C5)C4C2.CCOC(=O)C/C(C(=O)OCC)=C1/C2CC3C4CC5CC3C1C(C5)C4C2.CCOC(=O)C/C(C(=O)OCC)=C1\C2CC3C4CC5CC3C1C(C5)C4C2.CCOC(=O)CCC(=O)OCC.O=C1C2CC3C4CC5CC3C1C(C5)C4C2.[K+]. The Labute approximate surface area is 930 Å². The van der Waals surface area contributed by atoms with Gasteiger partial charge >= 0.3 is 111 Å². The summed E-state index contributed by atoms with van der Waals surface area (Å²) in [5, 5.41) is 40.2. The van der Waals surface area contributed by atoms with Crippen molar-refractivity contribution in [3.05, 3.63) is 67.0 Å². The molecular weight excluding hydrogens is 1940 g/mol. The van der Waals surface area contributed by atoms with Gasteiger partial charge in [-0.2, -0.15) is 11.3 Å². The first-order chi connectivity index (χ1) is 71.1. The van der Waals surface area contributed by atoms with Gasteiger partial charge in [0, 0.05) is 64.9 Å². The smallest absolute Gasteiger partial charge is 0.850 e. The molecule has 3 N–H and O–H groups in total. The van der Waals surface area contributed by atoms with Gasteiger partial charge in [0.15, 0.2) is 5.78 Å². The molecule has 1 aromatic rings. The van der Waals surface area contributed by atoms with Crippen molar-refractivity contribution < 1.29 is 172 Å². The number of rotatable bonds is 24. The van der Waals surface area contributed by atoms with Crippen molar-refractivity contribution in [1.82, 2.24) is 0 Å². The Morgan fingerprint density at radius 3 is 0.732 bits per heavy atom. The molecule has 27 heteroatoms. The van der Waals surface area contributed by atoms with E-state index in [1.165, 1.54) is 196 Å². The Kier molecular flexibility index (Phi) is 37.7. The largest absolute Gasteiger partial charge is 1.00 e. The van der Waals surface area contributed by atoms with Crippen molar-refractivity contribution in [2.45, 2.75) is 307 Å². The summed E-state index contributed by atoms with van der Waals surface area (Å²) in [7, 11) is 0. The van der Waals surface area contributed by atoms with Gasteiger partial charge in [-0.1, -0.05) is 43.1 Å². The van der Waals surface area contributed by atoms with Gasteiger partial charge in [0.25, 0.3) is 0 Å². The van der Waals surface area contributed by atoms with E-state index < -0.39 is 17.5 Å². The van der Waals surface area contributed by atoms with Gasteiger partial charge < -0.3 is 63.1 Å². The molecule has 40 bridgehead atoms. The van der Waals surface area contributed by atoms with Crippen LogP contribution in [0.1, 0.15) is 312 Å². The molecule has 37 rings (SSSR count). The number of aliphatic hydroxyl groups excluding tert-OH is 1. The van der Waals surface area contributed by atoms with Gasteiger partial charge in [-0.3, -0.25) is 38.4 Å². The Morgan fingerprint density at radius 2 is 0.537 bits per heavy atom. The van der Waals surface area contributed by atoms with E-state index in [9.17, 15) is 72.9 Å². The maximum Gasteiger partial charge on any atom is 1.00 e. The van der Waals surface area contributed by atoms with E-state index in [2.05, 4.69) is 9.47 Å². The second kappa shape index (κ2) is 49.1. The molecular formula is C122H173KO25S. The topological polar surface area (TPSA) is 372 Å². The minimum absolute atomic E-state index is 0. The predicted octanol–water partition coefficient (Wildman–Crippen LogP) is 17.3. The third kappa shape index (κ3) is 23.2. The second-order valence-corrected chi connectivity index (χ2v) is 51.3. The number of ether oxygens (including phenoxy) is 9. The number of hydrogen-bond acceptors (Lipinski definition) is 24. The van der Waals surface area contributed by atoms with Crippen LogP contribution in [0.15, 0.2) is 61.4 Å². The number of hydrogen-bond donors (Lipinski definition) is 3. The van der Waals surface area contributed by atoms with Gasteiger partial charge in [-0.15, -0.1) is 5.60 Å². The van der Waals surface area contributed by atoms with E-state index >= 15 is 0 Å². The number of aliphatic hydroxyl groups is 1. The Bertz CT molecular complexity index is 4770. The summed E-state index contributed by atoms with van der Waals surface area (Å²) in [6.07, 6.45) is 35.8. The molecule has 0 spiro atoms. The average Bonchev–Trinajstić information content (AvgIpc) is 0.904. The zero-order valence-corrected chi connectivity index (χ0v) is 95.6. The number of esters is 8. The summed E-state index contributed by atoms with van der Waals surface area (Å²) in [4.78, 5) is 142. The van der Waals surface area contributed by atoms with Crippen LogP contribution in [0, 0.1) is 237 Å². The summed E-state index contributed by atoms with van der Waals surface area (Å²) >= 11 is 1.55. The van der Waals surface area contributed by atoms with Crippen LogP contribution in [0.5, 0.6) is 0 Å². The molecule has 149 heavy (non-hydrogen) atoms. The minimum Gasteiger partial charge on any atom is -0.850 e. The number of aliphatic carboxylic acids is 2. The molecule has 1 saturated heterocycles. The molecule has 20 atom stereocenters. The predicted molar refractivity (Wildman–Crippen MR) is 551 cm³/mol. The maximum absolute atomic E-state index is 12.8. The number of carbonyl (C=O) groups is 12. The van der Waals surface area contributed by atoms with Crippen LogP contribution in [0.3, 0.4) is 0 Å². The van der Waals surface area contributed by atoms with Crippen molar-refractivity contribution >= 4 is 82.6 Å².